The lowest BCUT2D eigenvalue weighted by Crippen LogP contribution is -2.30. The van der Waals surface area contributed by atoms with Crippen LogP contribution in [0.5, 0.6) is 0 Å². The molecular weight excluding hydrogens is 424 g/mol. The van der Waals surface area contributed by atoms with Gasteiger partial charge in [0.05, 0.1) is 9.79 Å². The molecule has 0 unspecified atom stereocenters. The molecule has 1 amide bonds. The summed E-state index contributed by atoms with van der Waals surface area (Å²) in [6.45, 7) is 3.67. The Morgan fingerprint density at radius 1 is 0.938 bits per heavy atom. The number of hydrogen-bond acceptors (Lipinski definition) is 5. The number of hydrogen-bond donors (Lipinski definition) is 1. The fraction of sp³-hybridized carbons (Fsp3) is 0.240. The van der Waals surface area contributed by atoms with E-state index in [1.54, 1.807) is 36.7 Å². The van der Waals surface area contributed by atoms with Gasteiger partial charge in [0.15, 0.2) is 0 Å². The van der Waals surface area contributed by atoms with E-state index in [4.69, 9.17) is 0 Å². The fourth-order valence-corrected chi connectivity index (χ4v) is 4.52. The van der Waals surface area contributed by atoms with Crippen molar-refractivity contribution in [2.75, 3.05) is 0 Å². The molecule has 2 aromatic carbocycles. The molecule has 0 radical (unpaired) electrons. The van der Waals surface area contributed by atoms with E-state index in [0.717, 1.165) is 11.1 Å². The molecule has 7 heteroatoms. The maximum atomic E-state index is 13.0. The second-order valence-corrected chi connectivity index (χ2v) is 9.83. The number of nitrogens with zero attached hydrogens (tertiary/aromatic N) is 1. The first kappa shape index (κ1) is 23.3. The predicted octanol–water partition coefficient (Wildman–Crippen LogP) is 3.80. The SMILES string of the molecule is CC(C)NC(=O)c1cccc(S(=O)(=O)c2ccc(CC(=O)CCc3cccnc3)cc2)c1. The van der Waals surface area contributed by atoms with E-state index >= 15 is 0 Å². The number of benzene rings is 2. The Morgan fingerprint density at radius 2 is 1.69 bits per heavy atom. The van der Waals surface area contributed by atoms with Crippen LogP contribution in [0.1, 0.15) is 41.8 Å². The zero-order valence-electron chi connectivity index (χ0n) is 18.1. The van der Waals surface area contributed by atoms with E-state index in [-0.39, 0.29) is 39.5 Å². The van der Waals surface area contributed by atoms with E-state index in [2.05, 4.69) is 10.3 Å². The van der Waals surface area contributed by atoms with Crippen molar-refractivity contribution in [1.29, 1.82) is 0 Å². The second-order valence-electron chi connectivity index (χ2n) is 7.88. The van der Waals surface area contributed by atoms with Crippen LogP contribution in [0.25, 0.3) is 0 Å². The molecule has 0 saturated heterocycles. The Bertz CT molecular complexity index is 1190. The minimum atomic E-state index is -3.79. The summed E-state index contributed by atoms with van der Waals surface area (Å²) < 4.78 is 26.0. The smallest absolute Gasteiger partial charge is 0.251 e. The van der Waals surface area contributed by atoms with Crippen molar-refractivity contribution in [1.82, 2.24) is 10.3 Å². The Labute approximate surface area is 188 Å². The number of carbonyl (C=O) groups excluding carboxylic acids is 2. The topological polar surface area (TPSA) is 93.2 Å². The van der Waals surface area contributed by atoms with E-state index in [9.17, 15) is 18.0 Å². The molecule has 0 aliphatic heterocycles. The number of rotatable bonds is 9. The summed E-state index contributed by atoms with van der Waals surface area (Å²) in [6, 6.07) is 16.0. The van der Waals surface area contributed by atoms with Crippen LogP contribution in [0.3, 0.4) is 0 Å². The zero-order valence-corrected chi connectivity index (χ0v) is 18.9. The number of ketones is 1. The molecule has 3 rings (SSSR count). The van der Waals surface area contributed by atoms with Crippen molar-refractivity contribution >= 4 is 21.5 Å². The van der Waals surface area contributed by atoms with Crippen molar-refractivity contribution < 1.29 is 18.0 Å². The quantitative estimate of drug-likeness (QED) is 0.535. The van der Waals surface area contributed by atoms with Gasteiger partial charge in [-0.2, -0.15) is 0 Å². The molecule has 166 valence electrons. The Morgan fingerprint density at radius 3 is 2.34 bits per heavy atom. The summed E-state index contributed by atoms with van der Waals surface area (Å²) >= 11 is 0. The van der Waals surface area contributed by atoms with Crippen LogP contribution in [-0.2, 0) is 27.5 Å². The maximum absolute atomic E-state index is 13.0. The molecule has 3 aromatic rings. The Kier molecular flexibility index (Phi) is 7.53. The summed E-state index contributed by atoms with van der Waals surface area (Å²) in [5, 5.41) is 2.75. The number of pyridine rings is 1. The van der Waals surface area contributed by atoms with E-state index in [1.807, 2.05) is 26.0 Å². The number of sulfone groups is 1. The molecule has 1 heterocycles. The molecule has 0 bridgehead atoms. The fourth-order valence-electron chi connectivity index (χ4n) is 3.22. The Balaban J connectivity index is 1.68. The van der Waals surface area contributed by atoms with Crippen LogP contribution in [0.15, 0.2) is 82.8 Å². The summed E-state index contributed by atoms with van der Waals surface area (Å²) in [6.07, 6.45) is 4.70. The van der Waals surface area contributed by atoms with Crippen LogP contribution < -0.4 is 5.32 Å². The van der Waals surface area contributed by atoms with Gasteiger partial charge in [0, 0.05) is 36.8 Å². The van der Waals surface area contributed by atoms with Crippen LogP contribution >= 0.6 is 0 Å². The number of Topliss-reactive ketones (excluding diaryl/α,β-unsaturated/α-hetero) is 1. The van der Waals surface area contributed by atoms with Gasteiger partial charge in [-0.15, -0.1) is 0 Å². The lowest BCUT2D eigenvalue weighted by atomic mass is 10.0. The molecular formula is C25H26N2O4S. The van der Waals surface area contributed by atoms with Crippen molar-refractivity contribution in [2.24, 2.45) is 0 Å². The molecule has 32 heavy (non-hydrogen) atoms. The molecule has 0 aliphatic rings. The highest BCUT2D eigenvalue weighted by Gasteiger charge is 2.19. The molecule has 6 nitrogen and oxygen atoms in total. The van der Waals surface area contributed by atoms with Gasteiger partial charge in [-0.25, -0.2) is 8.42 Å². The van der Waals surface area contributed by atoms with Gasteiger partial charge in [0.2, 0.25) is 9.84 Å². The van der Waals surface area contributed by atoms with Gasteiger partial charge in [-0.05, 0) is 67.8 Å². The lowest BCUT2D eigenvalue weighted by molar-refractivity contribution is -0.118. The summed E-state index contributed by atoms with van der Waals surface area (Å²) in [4.78, 5) is 28.7. The van der Waals surface area contributed by atoms with Gasteiger partial charge in [0.25, 0.3) is 5.91 Å². The lowest BCUT2D eigenvalue weighted by Gasteiger charge is -2.10. The first-order valence-corrected chi connectivity index (χ1v) is 11.9. The second kappa shape index (κ2) is 10.3. The Hall–Kier alpha value is -3.32. The third-order valence-electron chi connectivity index (χ3n) is 4.88. The van der Waals surface area contributed by atoms with Crippen LogP contribution in [0, 0.1) is 0 Å². The first-order valence-electron chi connectivity index (χ1n) is 10.4. The first-order chi connectivity index (χ1) is 15.3. The minimum absolute atomic E-state index is 0.0502. The van der Waals surface area contributed by atoms with E-state index < -0.39 is 9.84 Å². The molecule has 0 atom stereocenters. The number of aryl methyl sites for hydroxylation is 1. The molecule has 0 fully saturated rings. The highest BCUT2D eigenvalue weighted by Crippen LogP contribution is 2.22. The normalized spacial score (nSPS) is 11.3. The third-order valence-corrected chi connectivity index (χ3v) is 6.64. The van der Waals surface area contributed by atoms with Crippen molar-refractivity contribution in [2.45, 2.75) is 48.9 Å². The molecule has 0 saturated carbocycles. The highest BCUT2D eigenvalue weighted by atomic mass is 32.2. The number of aromatic nitrogens is 1. The van der Waals surface area contributed by atoms with Crippen molar-refractivity contribution in [3.05, 3.63) is 89.7 Å². The zero-order chi connectivity index (χ0) is 23.1. The number of carbonyl (C=O) groups is 2. The molecule has 0 aliphatic carbocycles. The maximum Gasteiger partial charge on any atom is 0.251 e. The van der Waals surface area contributed by atoms with Gasteiger partial charge in [0.1, 0.15) is 5.78 Å². The van der Waals surface area contributed by atoms with E-state index in [0.29, 0.717) is 12.8 Å². The van der Waals surface area contributed by atoms with Gasteiger partial charge in [-0.3, -0.25) is 14.6 Å². The minimum Gasteiger partial charge on any atom is -0.350 e. The van der Waals surface area contributed by atoms with Gasteiger partial charge >= 0.3 is 0 Å². The number of amides is 1. The molecule has 1 N–H and O–H groups in total. The average molecular weight is 451 g/mol. The standard InChI is InChI=1S/C25H26N2O4S/c1-18(2)27-25(29)21-6-3-7-24(16-21)32(30,31)23-12-9-19(10-13-23)15-22(28)11-8-20-5-4-14-26-17-20/h3-7,9-10,12-14,16-18H,8,11,15H2,1-2H3,(H,27,29). The van der Waals surface area contributed by atoms with Crippen LogP contribution in [-0.4, -0.2) is 31.1 Å². The largest absolute Gasteiger partial charge is 0.350 e. The van der Waals surface area contributed by atoms with Crippen molar-refractivity contribution in [3.63, 3.8) is 0 Å². The predicted molar refractivity (Wildman–Crippen MR) is 122 cm³/mol. The monoisotopic (exact) mass is 450 g/mol. The third kappa shape index (κ3) is 6.11. The van der Waals surface area contributed by atoms with Crippen molar-refractivity contribution in [3.8, 4) is 0 Å². The average Bonchev–Trinajstić information content (AvgIpc) is 2.78. The van der Waals surface area contributed by atoms with Gasteiger partial charge < -0.3 is 5.32 Å². The molecule has 1 aromatic heterocycles. The number of nitrogens with one attached hydrogen (secondary N) is 1. The molecule has 0 spiro atoms. The summed E-state index contributed by atoms with van der Waals surface area (Å²) in [7, 11) is -3.79. The van der Waals surface area contributed by atoms with Crippen LogP contribution in [0.4, 0.5) is 0 Å². The van der Waals surface area contributed by atoms with Crippen LogP contribution in [0.2, 0.25) is 0 Å². The summed E-state index contributed by atoms with van der Waals surface area (Å²) in [5.74, 6) is -0.245. The van der Waals surface area contributed by atoms with E-state index in [1.165, 1.54) is 24.3 Å². The van der Waals surface area contributed by atoms with Gasteiger partial charge in [-0.1, -0.05) is 24.3 Å². The highest BCUT2D eigenvalue weighted by molar-refractivity contribution is 7.91. The summed E-state index contributed by atoms with van der Waals surface area (Å²) in [5.41, 5.74) is 2.05.